The highest BCUT2D eigenvalue weighted by atomic mass is 16.5. The molecular formula is C17H33N3O. The van der Waals surface area contributed by atoms with Gasteiger partial charge in [-0.05, 0) is 46.6 Å². The maximum atomic E-state index is 5.95. The van der Waals surface area contributed by atoms with Gasteiger partial charge in [-0.15, -0.1) is 0 Å². The molecule has 3 aliphatic heterocycles. The first-order valence-corrected chi connectivity index (χ1v) is 8.94. The third-order valence-corrected chi connectivity index (χ3v) is 5.87. The Morgan fingerprint density at radius 1 is 1.19 bits per heavy atom. The largest absolute Gasteiger partial charge is 0.374 e. The molecule has 2 bridgehead atoms. The molecule has 1 N–H and O–H groups in total. The van der Waals surface area contributed by atoms with Gasteiger partial charge in [0.05, 0.1) is 12.7 Å². The number of hydrogen-bond acceptors (Lipinski definition) is 4. The Kier molecular flexibility index (Phi) is 5.20. The molecule has 4 nitrogen and oxygen atoms in total. The maximum Gasteiger partial charge on any atom is 0.0826 e. The average molecular weight is 295 g/mol. The number of nitrogens with one attached hydrogen (secondary N) is 1. The summed E-state index contributed by atoms with van der Waals surface area (Å²) in [4.78, 5) is 5.18. The van der Waals surface area contributed by atoms with E-state index in [2.05, 4.69) is 36.0 Å². The van der Waals surface area contributed by atoms with Gasteiger partial charge in [-0.3, -0.25) is 4.90 Å². The van der Waals surface area contributed by atoms with E-state index in [0.717, 1.165) is 38.3 Å². The van der Waals surface area contributed by atoms with Crippen LogP contribution in [0.1, 0.15) is 46.0 Å². The number of fused-ring (bicyclic) bond motifs is 2. The third-order valence-electron chi connectivity index (χ3n) is 5.87. The van der Waals surface area contributed by atoms with E-state index in [1.807, 2.05) is 0 Å². The van der Waals surface area contributed by atoms with Gasteiger partial charge in [0.25, 0.3) is 0 Å². The van der Waals surface area contributed by atoms with Crippen LogP contribution >= 0.6 is 0 Å². The second-order valence-electron chi connectivity index (χ2n) is 7.56. The highest BCUT2D eigenvalue weighted by molar-refractivity contribution is 4.94. The van der Waals surface area contributed by atoms with E-state index in [1.165, 1.54) is 32.1 Å². The third kappa shape index (κ3) is 3.79. The predicted octanol–water partition coefficient (Wildman–Crippen LogP) is 1.70. The van der Waals surface area contributed by atoms with Crippen molar-refractivity contribution < 1.29 is 4.74 Å². The Bertz CT molecular complexity index is 322. The zero-order chi connectivity index (χ0) is 14.8. The smallest absolute Gasteiger partial charge is 0.0826 e. The molecule has 0 aromatic carbocycles. The van der Waals surface area contributed by atoms with Crippen LogP contribution in [-0.2, 0) is 4.74 Å². The highest BCUT2D eigenvalue weighted by Crippen LogP contribution is 2.32. The summed E-state index contributed by atoms with van der Waals surface area (Å²) in [5.74, 6) is 0. The zero-order valence-electron chi connectivity index (χ0n) is 14.1. The van der Waals surface area contributed by atoms with Crippen molar-refractivity contribution in [1.29, 1.82) is 0 Å². The molecule has 3 saturated heterocycles. The molecule has 0 spiro atoms. The molecule has 122 valence electrons. The Labute approximate surface area is 130 Å². The van der Waals surface area contributed by atoms with E-state index >= 15 is 0 Å². The van der Waals surface area contributed by atoms with Gasteiger partial charge in [0.15, 0.2) is 0 Å². The minimum Gasteiger partial charge on any atom is -0.374 e. The Morgan fingerprint density at radius 2 is 1.90 bits per heavy atom. The van der Waals surface area contributed by atoms with Crippen molar-refractivity contribution in [2.24, 2.45) is 0 Å². The summed E-state index contributed by atoms with van der Waals surface area (Å²) < 4.78 is 5.95. The van der Waals surface area contributed by atoms with Crippen molar-refractivity contribution in [3.63, 3.8) is 0 Å². The Balaban J connectivity index is 1.45. The fourth-order valence-electron chi connectivity index (χ4n) is 4.42. The second kappa shape index (κ2) is 6.95. The van der Waals surface area contributed by atoms with Crippen LogP contribution in [0.15, 0.2) is 0 Å². The summed E-state index contributed by atoms with van der Waals surface area (Å²) in [6, 6.07) is 2.97. The van der Waals surface area contributed by atoms with Gasteiger partial charge in [0.2, 0.25) is 0 Å². The molecule has 0 aromatic heterocycles. The minimum absolute atomic E-state index is 0.376. The normalized spacial score (nSPS) is 38.9. The quantitative estimate of drug-likeness (QED) is 0.854. The van der Waals surface area contributed by atoms with Crippen molar-refractivity contribution in [3.05, 3.63) is 0 Å². The first kappa shape index (κ1) is 15.7. The maximum absolute atomic E-state index is 5.95. The van der Waals surface area contributed by atoms with E-state index in [4.69, 9.17) is 4.74 Å². The summed E-state index contributed by atoms with van der Waals surface area (Å²) >= 11 is 0. The fourth-order valence-corrected chi connectivity index (χ4v) is 4.42. The molecule has 3 heterocycles. The van der Waals surface area contributed by atoms with E-state index in [-0.39, 0.29) is 0 Å². The molecule has 0 amide bonds. The van der Waals surface area contributed by atoms with Gasteiger partial charge in [0.1, 0.15) is 0 Å². The zero-order valence-corrected chi connectivity index (χ0v) is 14.1. The number of piperidine rings is 2. The lowest BCUT2D eigenvalue weighted by Gasteiger charge is -2.47. The Hall–Kier alpha value is -0.160. The second-order valence-corrected chi connectivity index (χ2v) is 7.56. The van der Waals surface area contributed by atoms with Gasteiger partial charge in [-0.2, -0.15) is 0 Å². The number of hydrogen-bond donors (Lipinski definition) is 1. The lowest BCUT2D eigenvalue weighted by atomic mass is 9.82. The van der Waals surface area contributed by atoms with Crippen LogP contribution in [-0.4, -0.2) is 73.4 Å². The van der Waals surface area contributed by atoms with Crippen molar-refractivity contribution in [3.8, 4) is 0 Å². The minimum atomic E-state index is 0.376. The van der Waals surface area contributed by atoms with Crippen LogP contribution in [0.5, 0.6) is 0 Å². The molecule has 3 atom stereocenters. The van der Waals surface area contributed by atoms with Crippen LogP contribution in [0, 0.1) is 0 Å². The summed E-state index contributed by atoms with van der Waals surface area (Å²) in [6.07, 6.45) is 7.25. The predicted molar refractivity (Wildman–Crippen MR) is 86.7 cm³/mol. The average Bonchev–Trinajstić information content (AvgIpc) is 2.46. The van der Waals surface area contributed by atoms with Crippen LogP contribution in [0.25, 0.3) is 0 Å². The molecule has 3 rings (SSSR count). The van der Waals surface area contributed by atoms with E-state index in [1.54, 1.807) is 0 Å². The van der Waals surface area contributed by atoms with Gasteiger partial charge in [-0.25, -0.2) is 0 Å². The number of nitrogens with zero attached hydrogens (tertiary/aromatic N) is 2. The summed E-state index contributed by atoms with van der Waals surface area (Å²) in [6.45, 7) is 8.67. The molecule has 0 saturated carbocycles. The molecular weight excluding hydrogens is 262 g/mol. The molecule has 3 unspecified atom stereocenters. The van der Waals surface area contributed by atoms with Gasteiger partial charge in [-0.1, -0.05) is 6.42 Å². The van der Waals surface area contributed by atoms with Gasteiger partial charge < -0.3 is 15.0 Å². The molecule has 4 heteroatoms. The molecule has 0 radical (unpaired) electrons. The first-order valence-electron chi connectivity index (χ1n) is 8.94. The molecule has 21 heavy (non-hydrogen) atoms. The van der Waals surface area contributed by atoms with Gasteiger partial charge in [0, 0.05) is 43.8 Å². The SMILES string of the molecule is CC(C)N1CCOC(CNC2CC3CCCC(C2)N3C)C1. The summed E-state index contributed by atoms with van der Waals surface area (Å²) in [5, 5.41) is 3.82. The molecule has 3 fully saturated rings. The van der Waals surface area contributed by atoms with Crippen molar-refractivity contribution in [2.45, 2.75) is 76.2 Å². The summed E-state index contributed by atoms with van der Waals surface area (Å²) in [5.41, 5.74) is 0. The molecule has 3 aliphatic rings. The number of ether oxygens (including phenoxy) is 1. The monoisotopic (exact) mass is 295 g/mol. The molecule has 0 aliphatic carbocycles. The van der Waals surface area contributed by atoms with E-state index < -0.39 is 0 Å². The Morgan fingerprint density at radius 3 is 2.57 bits per heavy atom. The van der Waals surface area contributed by atoms with E-state index in [9.17, 15) is 0 Å². The highest BCUT2D eigenvalue weighted by Gasteiger charge is 2.36. The fraction of sp³-hybridized carbons (Fsp3) is 1.00. The summed E-state index contributed by atoms with van der Waals surface area (Å²) in [7, 11) is 2.33. The van der Waals surface area contributed by atoms with Crippen molar-refractivity contribution in [1.82, 2.24) is 15.1 Å². The topological polar surface area (TPSA) is 27.7 Å². The van der Waals surface area contributed by atoms with Crippen LogP contribution in [0.4, 0.5) is 0 Å². The lowest BCUT2D eigenvalue weighted by Crippen LogP contribution is -2.56. The van der Waals surface area contributed by atoms with Crippen LogP contribution < -0.4 is 5.32 Å². The molecule has 0 aromatic rings. The van der Waals surface area contributed by atoms with Gasteiger partial charge >= 0.3 is 0 Å². The van der Waals surface area contributed by atoms with Crippen LogP contribution in [0.2, 0.25) is 0 Å². The van der Waals surface area contributed by atoms with E-state index in [0.29, 0.717) is 18.2 Å². The van der Waals surface area contributed by atoms with Crippen molar-refractivity contribution in [2.75, 3.05) is 33.3 Å². The van der Waals surface area contributed by atoms with Crippen LogP contribution in [0.3, 0.4) is 0 Å². The number of morpholine rings is 1. The standard InChI is InChI=1S/C17H33N3O/c1-13(2)20-7-8-21-17(12-20)11-18-14-9-15-5-4-6-16(10-14)19(15)3/h13-18H,4-12H2,1-3H3. The van der Waals surface area contributed by atoms with Crippen molar-refractivity contribution >= 4 is 0 Å². The lowest BCUT2D eigenvalue weighted by molar-refractivity contribution is -0.0406. The first-order chi connectivity index (χ1) is 10.1. The number of rotatable bonds is 4.